The van der Waals surface area contributed by atoms with Gasteiger partial charge in [0.05, 0.1) is 18.9 Å². The summed E-state index contributed by atoms with van der Waals surface area (Å²) in [5.41, 5.74) is 2.04. The van der Waals surface area contributed by atoms with E-state index in [0.717, 1.165) is 28.3 Å². The summed E-state index contributed by atoms with van der Waals surface area (Å²) in [6.07, 6.45) is 4.12. The minimum atomic E-state index is -1.25. The van der Waals surface area contributed by atoms with Crippen LogP contribution >= 0.6 is 11.3 Å². The maximum atomic E-state index is 13.7. The molecule has 0 aromatic carbocycles. The van der Waals surface area contributed by atoms with E-state index < -0.39 is 11.6 Å². The molecule has 0 bridgehead atoms. The second kappa shape index (κ2) is 7.94. The lowest BCUT2D eigenvalue weighted by molar-refractivity contribution is 0.102. The maximum absolute atomic E-state index is 13.7. The maximum Gasteiger partial charge on any atom is 0.295 e. The summed E-state index contributed by atoms with van der Waals surface area (Å²) >= 11 is 1.04. The molecular formula is C20H20FN5O3S. The van der Waals surface area contributed by atoms with Gasteiger partial charge < -0.3 is 9.47 Å². The second-order valence-electron chi connectivity index (χ2n) is 7.16. The molecule has 0 aliphatic heterocycles. The van der Waals surface area contributed by atoms with Gasteiger partial charge in [-0.25, -0.2) is 4.39 Å². The number of rotatable bonds is 7. The van der Waals surface area contributed by atoms with Crippen LogP contribution in [-0.4, -0.2) is 45.5 Å². The predicted molar refractivity (Wildman–Crippen MR) is 110 cm³/mol. The number of hydrogen-bond acceptors (Lipinski definition) is 8. The summed E-state index contributed by atoms with van der Waals surface area (Å²) in [5.74, 6) is 0.146. The number of nitrogens with one attached hydrogen (secondary N) is 1. The zero-order valence-corrected chi connectivity index (χ0v) is 17.5. The van der Waals surface area contributed by atoms with Crippen molar-refractivity contribution in [1.82, 2.24) is 20.2 Å². The van der Waals surface area contributed by atoms with Gasteiger partial charge in [0.2, 0.25) is 5.13 Å². The Hall–Kier alpha value is -3.14. The summed E-state index contributed by atoms with van der Waals surface area (Å²) in [6, 6.07) is 3.67. The van der Waals surface area contributed by atoms with E-state index in [4.69, 9.17) is 9.47 Å². The molecule has 156 valence electrons. The quantitative estimate of drug-likeness (QED) is 0.610. The van der Waals surface area contributed by atoms with Crippen LogP contribution in [-0.2, 0) is 0 Å². The van der Waals surface area contributed by atoms with Gasteiger partial charge in [-0.3, -0.25) is 20.1 Å². The number of alkyl halides is 1. The topological polar surface area (TPSA) is 99.1 Å². The van der Waals surface area contributed by atoms with Crippen molar-refractivity contribution in [2.45, 2.75) is 32.4 Å². The molecule has 1 amide bonds. The predicted octanol–water partition coefficient (Wildman–Crippen LogP) is 3.75. The van der Waals surface area contributed by atoms with E-state index in [1.807, 2.05) is 26.0 Å². The van der Waals surface area contributed by atoms with Crippen LogP contribution in [0.3, 0.4) is 0 Å². The van der Waals surface area contributed by atoms with Crippen LogP contribution in [0.25, 0.3) is 11.1 Å². The highest BCUT2D eigenvalue weighted by molar-refractivity contribution is 7.17. The third-order valence-corrected chi connectivity index (χ3v) is 5.42. The van der Waals surface area contributed by atoms with E-state index in [0.29, 0.717) is 29.7 Å². The van der Waals surface area contributed by atoms with Crippen molar-refractivity contribution in [1.29, 1.82) is 0 Å². The molecule has 1 saturated carbocycles. The molecule has 3 heterocycles. The van der Waals surface area contributed by atoms with Gasteiger partial charge in [0, 0.05) is 28.7 Å². The first-order valence-electron chi connectivity index (χ1n) is 9.31. The standard InChI is InChI=1S/C20H20FN5O3S/c1-11-6-13(14-7-12(2)23-9-16(14)28-3)15(8-22-11)17(27)24-18-25-26-19(30-18)29-10-20(21)4-5-20/h6-9H,4-5,10H2,1-3H3,(H,24,25,27). The number of hydrogen-bond donors (Lipinski definition) is 1. The largest absolute Gasteiger partial charge is 0.494 e. The fraction of sp³-hybridized carbons (Fsp3) is 0.350. The van der Waals surface area contributed by atoms with Crippen molar-refractivity contribution >= 4 is 22.4 Å². The van der Waals surface area contributed by atoms with Crippen LogP contribution in [0, 0.1) is 13.8 Å². The number of carbonyl (C=O) groups is 1. The lowest BCUT2D eigenvalue weighted by Gasteiger charge is -2.13. The molecule has 1 N–H and O–H groups in total. The fourth-order valence-electron chi connectivity index (χ4n) is 2.84. The minimum Gasteiger partial charge on any atom is -0.494 e. The molecule has 0 saturated heterocycles. The van der Waals surface area contributed by atoms with Gasteiger partial charge in [-0.05, 0) is 50.2 Å². The first-order valence-corrected chi connectivity index (χ1v) is 10.1. The van der Waals surface area contributed by atoms with Crippen LogP contribution in [0.2, 0.25) is 0 Å². The minimum absolute atomic E-state index is 0.0528. The van der Waals surface area contributed by atoms with Gasteiger partial charge in [0.15, 0.2) is 0 Å². The van der Waals surface area contributed by atoms with E-state index >= 15 is 0 Å². The number of ether oxygens (including phenoxy) is 2. The van der Waals surface area contributed by atoms with Gasteiger partial charge >= 0.3 is 0 Å². The van der Waals surface area contributed by atoms with Gasteiger partial charge in [0.25, 0.3) is 11.1 Å². The zero-order chi connectivity index (χ0) is 21.3. The molecule has 4 rings (SSSR count). The van der Waals surface area contributed by atoms with Crippen molar-refractivity contribution in [3.63, 3.8) is 0 Å². The Balaban J connectivity index is 1.58. The Morgan fingerprint density at radius 3 is 2.57 bits per heavy atom. The average molecular weight is 429 g/mol. The second-order valence-corrected chi connectivity index (χ2v) is 8.10. The van der Waals surface area contributed by atoms with E-state index in [1.165, 1.54) is 6.20 Å². The summed E-state index contributed by atoms with van der Waals surface area (Å²) < 4.78 is 24.5. The van der Waals surface area contributed by atoms with Crippen LogP contribution in [0.15, 0.2) is 24.5 Å². The molecule has 3 aromatic rings. The Labute approximate surface area is 176 Å². The molecule has 10 heteroatoms. The van der Waals surface area contributed by atoms with E-state index in [1.54, 1.807) is 13.3 Å². The smallest absolute Gasteiger partial charge is 0.295 e. The first-order chi connectivity index (χ1) is 14.4. The van der Waals surface area contributed by atoms with Gasteiger partial charge in [-0.2, -0.15) is 0 Å². The first kappa shape index (κ1) is 20.1. The van der Waals surface area contributed by atoms with Crippen LogP contribution in [0.1, 0.15) is 34.6 Å². The SMILES string of the molecule is COc1cnc(C)cc1-c1cc(C)ncc1C(=O)Nc1nnc(OCC2(F)CC2)s1. The van der Waals surface area contributed by atoms with Crippen molar-refractivity contribution in [2.75, 3.05) is 19.0 Å². The number of nitrogens with zero attached hydrogens (tertiary/aromatic N) is 4. The average Bonchev–Trinajstić information content (AvgIpc) is 3.29. The Kier molecular flexibility index (Phi) is 5.33. The summed E-state index contributed by atoms with van der Waals surface area (Å²) in [4.78, 5) is 21.5. The highest BCUT2D eigenvalue weighted by Crippen LogP contribution is 2.40. The summed E-state index contributed by atoms with van der Waals surface area (Å²) in [6.45, 7) is 3.66. The number of halogens is 1. The molecule has 0 radical (unpaired) electrons. The fourth-order valence-corrected chi connectivity index (χ4v) is 3.43. The number of carbonyl (C=O) groups excluding carboxylic acids is 1. The Morgan fingerprint density at radius 1 is 1.17 bits per heavy atom. The van der Waals surface area contributed by atoms with Crippen molar-refractivity contribution in [2.24, 2.45) is 0 Å². The van der Waals surface area contributed by atoms with Crippen molar-refractivity contribution in [3.8, 4) is 22.1 Å². The molecule has 1 fully saturated rings. The number of aryl methyl sites for hydroxylation is 2. The molecule has 1 aliphatic rings. The third-order valence-electron chi connectivity index (χ3n) is 4.67. The normalized spacial score (nSPS) is 14.3. The number of methoxy groups -OCH3 is 1. The van der Waals surface area contributed by atoms with Crippen LogP contribution in [0.5, 0.6) is 10.9 Å². The summed E-state index contributed by atoms with van der Waals surface area (Å²) in [7, 11) is 1.55. The molecule has 0 atom stereocenters. The van der Waals surface area contributed by atoms with Crippen LogP contribution in [0.4, 0.5) is 9.52 Å². The Morgan fingerprint density at radius 2 is 1.87 bits per heavy atom. The number of anilines is 1. The molecule has 1 aliphatic carbocycles. The summed E-state index contributed by atoms with van der Waals surface area (Å²) in [5, 5.41) is 10.9. The van der Waals surface area contributed by atoms with Crippen molar-refractivity contribution in [3.05, 3.63) is 41.5 Å². The van der Waals surface area contributed by atoms with Crippen LogP contribution < -0.4 is 14.8 Å². The van der Waals surface area contributed by atoms with Gasteiger partial charge in [-0.1, -0.05) is 5.10 Å². The monoisotopic (exact) mass is 429 g/mol. The lowest BCUT2D eigenvalue weighted by Crippen LogP contribution is -2.14. The third kappa shape index (κ3) is 4.38. The van der Waals surface area contributed by atoms with Gasteiger partial charge in [-0.15, -0.1) is 5.10 Å². The van der Waals surface area contributed by atoms with Gasteiger partial charge in [0.1, 0.15) is 18.0 Å². The molecule has 0 unspecified atom stereocenters. The number of pyridine rings is 2. The number of aromatic nitrogens is 4. The van der Waals surface area contributed by atoms with E-state index in [2.05, 4.69) is 25.5 Å². The molecular weight excluding hydrogens is 409 g/mol. The highest BCUT2D eigenvalue weighted by atomic mass is 32.1. The highest BCUT2D eigenvalue weighted by Gasteiger charge is 2.44. The zero-order valence-electron chi connectivity index (χ0n) is 16.7. The van der Waals surface area contributed by atoms with Crippen molar-refractivity contribution < 1.29 is 18.7 Å². The number of amides is 1. The van der Waals surface area contributed by atoms with E-state index in [9.17, 15) is 9.18 Å². The Bertz CT molecular complexity index is 1100. The lowest BCUT2D eigenvalue weighted by atomic mass is 9.99. The molecule has 8 nitrogen and oxygen atoms in total. The molecule has 0 spiro atoms. The molecule has 30 heavy (non-hydrogen) atoms. The molecule has 3 aromatic heterocycles. The van der Waals surface area contributed by atoms with E-state index in [-0.39, 0.29) is 16.9 Å².